The zero-order chi connectivity index (χ0) is 14.0. The van der Waals surface area contributed by atoms with Crippen molar-refractivity contribution in [1.29, 1.82) is 0 Å². The van der Waals surface area contributed by atoms with Gasteiger partial charge in [-0.15, -0.1) is 11.3 Å². The first kappa shape index (κ1) is 13.8. The van der Waals surface area contributed by atoms with Gasteiger partial charge in [0.25, 0.3) is 0 Å². The summed E-state index contributed by atoms with van der Waals surface area (Å²) < 4.78 is 0. The zero-order valence-corrected chi connectivity index (χ0v) is 12.6. The molecule has 1 heterocycles. The van der Waals surface area contributed by atoms with Crippen LogP contribution in [0.2, 0.25) is 0 Å². The Labute approximate surface area is 124 Å². The number of aliphatic hydroxyl groups excluding tert-OH is 1. The van der Waals surface area contributed by atoms with E-state index in [9.17, 15) is 5.11 Å². The van der Waals surface area contributed by atoms with Gasteiger partial charge in [-0.2, -0.15) is 0 Å². The summed E-state index contributed by atoms with van der Waals surface area (Å²) in [5, 5.41) is 16.3. The molecule has 0 bridgehead atoms. The van der Waals surface area contributed by atoms with Gasteiger partial charge in [-0.3, -0.25) is 0 Å². The highest BCUT2D eigenvalue weighted by atomic mass is 32.1. The van der Waals surface area contributed by atoms with E-state index in [-0.39, 0.29) is 11.5 Å². The standard InChI is InChI=1S/C17H21NOS/c1-13(15-8-5-11-20-15)18-12-17(9-10-17)16(19)14-6-3-2-4-7-14/h2-8,11,13,16,18-19H,9-10,12H2,1H3. The predicted molar refractivity (Wildman–Crippen MR) is 83.8 cm³/mol. The normalized spacial score (nSPS) is 19.5. The quantitative estimate of drug-likeness (QED) is 0.844. The summed E-state index contributed by atoms with van der Waals surface area (Å²) >= 11 is 1.78. The van der Waals surface area contributed by atoms with Crippen molar-refractivity contribution in [3.05, 3.63) is 58.3 Å². The number of benzene rings is 1. The molecule has 2 N–H and O–H groups in total. The van der Waals surface area contributed by atoms with Gasteiger partial charge >= 0.3 is 0 Å². The molecule has 1 aromatic heterocycles. The van der Waals surface area contributed by atoms with Crippen molar-refractivity contribution in [3.63, 3.8) is 0 Å². The van der Waals surface area contributed by atoms with Gasteiger partial charge < -0.3 is 10.4 Å². The Kier molecular flexibility index (Phi) is 3.92. The Morgan fingerprint density at radius 2 is 1.95 bits per heavy atom. The zero-order valence-electron chi connectivity index (χ0n) is 11.8. The van der Waals surface area contributed by atoms with E-state index in [2.05, 4.69) is 29.8 Å². The average molecular weight is 287 g/mol. The Morgan fingerprint density at radius 3 is 2.55 bits per heavy atom. The van der Waals surface area contributed by atoms with Crippen molar-refractivity contribution in [1.82, 2.24) is 5.32 Å². The fraction of sp³-hybridized carbons (Fsp3) is 0.412. The predicted octanol–water partition coefficient (Wildman–Crippen LogP) is 3.91. The summed E-state index contributed by atoms with van der Waals surface area (Å²) in [7, 11) is 0. The summed E-state index contributed by atoms with van der Waals surface area (Å²) in [6, 6.07) is 14.6. The summed E-state index contributed by atoms with van der Waals surface area (Å²) in [4.78, 5) is 1.36. The molecule has 0 aliphatic heterocycles. The molecule has 3 heteroatoms. The van der Waals surface area contributed by atoms with Gasteiger partial charge in [0, 0.05) is 22.9 Å². The van der Waals surface area contributed by atoms with Gasteiger partial charge in [-0.25, -0.2) is 0 Å². The van der Waals surface area contributed by atoms with Crippen molar-refractivity contribution in [3.8, 4) is 0 Å². The van der Waals surface area contributed by atoms with Crippen LogP contribution in [0.1, 0.15) is 42.4 Å². The maximum Gasteiger partial charge on any atom is 0.0858 e. The smallest absolute Gasteiger partial charge is 0.0858 e. The molecule has 0 spiro atoms. The van der Waals surface area contributed by atoms with Crippen LogP contribution in [0.3, 0.4) is 0 Å². The van der Waals surface area contributed by atoms with E-state index in [4.69, 9.17) is 0 Å². The van der Waals surface area contributed by atoms with Crippen molar-refractivity contribution in [2.75, 3.05) is 6.54 Å². The van der Waals surface area contributed by atoms with E-state index < -0.39 is 0 Å². The van der Waals surface area contributed by atoms with Gasteiger partial charge in [0.1, 0.15) is 0 Å². The first-order valence-electron chi connectivity index (χ1n) is 7.21. The second kappa shape index (κ2) is 5.68. The van der Waals surface area contributed by atoms with E-state index in [1.54, 1.807) is 11.3 Å². The number of thiophene rings is 1. The van der Waals surface area contributed by atoms with Crippen molar-refractivity contribution in [2.24, 2.45) is 5.41 Å². The minimum Gasteiger partial charge on any atom is -0.388 e. The lowest BCUT2D eigenvalue weighted by Crippen LogP contribution is -2.30. The van der Waals surface area contributed by atoms with Crippen LogP contribution in [0.5, 0.6) is 0 Å². The molecule has 106 valence electrons. The fourth-order valence-corrected chi connectivity index (χ4v) is 3.45. The lowest BCUT2D eigenvalue weighted by Gasteiger charge is -2.25. The third-order valence-corrected chi connectivity index (χ3v) is 5.37. The summed E-state index contributed by atoms with van der Waals surface area (Å²) in [6.45, 7) is 3.07. The minimum atomic E-state index is -0.355. The van der Waals surface area contributed by atoms with Gasteiger partial charge in [0.05, 0.1) is 6.10 Å². The van der Waals surface area contributed by atoms with Gasteiger partial charge in [-0.05, 0) is 36.8 Å². The van der Waals surface area contributed by atoms with E-state index in [0.717, 1.165) is 24.9 Å². The SMILES string of the molecule is CC(NCC1(C(O)c2ccccc2)CC1)c1cccs1. The van der Waals surface area contributed by atoms with E-state index >= 15 is 0 Å². The first-order valence-corrected chi connectivity index (χ1v) is 8.09. The maximum absolute atomic E-state index is 10.6. The van der Waals surface area contributed by atoms with Crippen LogP contribution in [-0.4, -0.2) is 11.7 Å². The van der Waals surface area contributed by atoms with Crippen LogP contribution >= 0.6 is 11.3 Å². The number of hydrogen-bond acceptors (Lipinski definition) is 3. The lowest BCUT2D eigenvalue weighted by molar-refractivity contribution is 0.0904. The van der Waals surface area contributed by atoms with Crippen LogP contribution in [0.15, 0.2) is 47.8 Å². The molecule has 3 rings (SSSR count). The summed E-state index contributed by atoms with van der Waals surface area (Å²) in [6.07, 6.45) is 1.85. The topological polar surface area (TPSA) is 32.3 Å². The third-order valence-electron chi connectivity index (χ3n) is 4.32. The van der Waals surface area contributed by atoms with Crippen LogP contribution in [0.4, 0.5) is 0 Å². The molecule has 1 aliphatic rings. The molecule has 2 atom stereocenters. The molecule has 1 aliphatic carbocycles. The molecular formula is C17H21NOS. The molecule has 1 saturated carbocycles. The second-order valence-corrected chi connectivity index (χ2v) is 6.77. The number of rotatable bonds is 6. The minimum absolute atomic E-state index is 0.0346. The Balaban J connectivity index is 1.62. The van der Waals surface area contributed by atoms with Gasteiger partial charge in [0.15, 0.2) is 0 Å². The Morgan fingerprint density at radius 1 is 1.20 bits per heavy atom. The van der Waals surface area contributed by atoms with Crippen LogP contribution in [-0.2, 0) is 0 Å². The van der Waals surface area contributed by atoms with Crippen LogP contribution in [0, 0.1) is 5.41 Å². The molecule has 2 aromatic rings. The monoisotopic (exact) mass is 287 g/mol. The molecule has 1 aromatic carbocycles. The van der Waals surface area contributed by atoms with E-state index in [0.29, 0.717) is 6.04 Å². The van der Waals surface area contributed by atoms with Crippen molar-refractivity contribution in [2.45, 2.75) is 31.9 Å². The maximum atomic E-state index is 10.6. The first-order chi connectivity index (χ1) is 9.71. The molecule has 2 unspecified atom stereocenters. The Hall–Kier alpha value is -1.16. The van der Waals surface area contributed by atoms with Crippen LogP contribution in [0.25, 0.3) is 0 Å². The molecule has 0 amide bonds. The van der Waals surface area contributed by atoms with Crippen LogP contribution < -0.4 is 5.32 Å². The highest BCUT2D eigenvalue weighted by Gasteiger charge is 2.49. The average Bonchev–Trinajstić information content (AvgIpc) is 3.08. The van der Waals surface area contributed by atoms with Crippen molar-refractivity contribution >= 4 is 11.3 Å². The second-order valence-electron chi connectivity index (χ2n) is 5.79. The molecule has 20 heavy (non-hydrogen) atoms. The number of nitrogens with one attached hydrogen (secondary N) is 1. The lowest BCUT2D eigenvalue weighted by atomic mass is 9.92. The number of aliphatic hydroxyl groups is 1. The Bertz CT molecular complexity index is 533. The molecule has 2 nitrogen and oxygen atoms in total. The van der Waals surface area contributed by atoms with Gasteiger partial charge in [0.2, 0.25) is 0 Å². The fourth-order valence-electron chi connectivity index (χ4n) is 2.69. The molecule has 0 radical (unpaired) electrons. The number of hydrogen-bond donors (Lipinski definition) is 2. The largest absolute Gasteiger partial charge is 0.388 e. The highest BCUT2D eigenvalue weighted by molar-refractivity contribution is 7.10. The van der Waals surface area contributed by atoms with E-state index in [1.165, 1.54) is 4.88 Å². The van der Waals surface area contributed by atoms with Gasteiger partial charge in [-0.1, -0.05) is 36.4 Å². The summed E-state index contributed by atoms with van der Waals surface area (Å²) in [5.74, 6) is 0. The van der Waals surface area contributed by atoms with E-state index in [1.807, 2.05) is 30.3 Å². The third kappa shape index (κ3) is 2.80. The molecule has 0 saturated heterocycles. The highest BCUT2D eigenvalue weighted by Crippen LogP contribution is 2.54. The molecule has 1 fully saturated rings. The van der Waals surface area contributed by atoms with Crippen molar-refractivity contribution < 1.29 is 5.11 Å². The summed E-state index contributed by atoms with van der Waals surface area (Å²) in [5.41, 5.74) is 1.07. The molecular weight excluding hydrogens is 266 g/mol.